The monoisotopic (exact) mass is 1210 g/mol. The van der Waals surface area contributed by atoms with Crippen LogP contribution in [0.3, 0.4) is 0 Å². The third kappa shape index (κ3) is 22.9. The Balaban J connectivity index is 0.000000476. The van der Waals surface area contributed by atoms with Crippen LogP contribution in [-0.4, -0.2) is 32.9 Å². The molecule has 12 heteroatoms. The summed E-state index contributed by atoms with van der Waals surface area (Å²) in [5.74, 6) is 1.89. The quantitative estimate of drug-likeness (QED) is 0.102. The molecule has 0 fully saturated rings. The van der Waals surface area contributed by atoms with Crippen LogP contribution in [0.2, 0.25) is 78.6 Å². The second-order valence-electron chi connectivity index (χ2n) is 22.3. The van der Waals surface area contributed by atoms with Gasteiger partial charge in [0, 0.05) is 0 Å². The Morgan fingerprint density at radius 1 is 0.379 bits per heavy atom. The number of benzene rings is 4. The minimum Gasteiger partial charge on any atom is -0.682 e. The molecule has 0 spiro atoms. The number of rotatable bonds is 14. The van der Waals surface area contributed by atoms with Gasteiger partial charge in [0.1, 0.15) is 0 Å². The van der Waals surface area contributed by atoms with Crippen LogP contribution in [0.4, 0.5) is 11.4 Å². The van der Waals surface area contributed by atoms with E-state index in [-0.39, 0.29) is 81.7 Å². The summed E-state index contributed by atoms with van der Waals surface area (Å²) < 4.78 is 9.64. The van der Waals surface area contributed by atoms with Gasteiger partial charge in [0.2, 0.25) is 0 Å². The van der Waals surface area contributed by atoms with Crippen LogP contribution in [0.5, 0.6) is 0 Å². The Hall–Kier alpha value is -0.951. The van der Waals surface area contributed by atoms with Crippen LogP contribution < -0.4 is 9.97 Å². The Labute approximate surface area is 473 Å². The molecule has 6 nitrogen and oxygen atoms in total. The number of para-hydroxylation sites is 4. The van der Waals surface area contributed by atoms with E-state index >= 15 is 0 Å². The molecular weight excluding hydrogens is 1130 g/mol. The van der Waals surface area contributed by atoms with Crippen LogP contribution in [0, 0.1) is 81.7 Å². The zero-order chi connectivity index (χ0) is 48.2. The van der Waals surface area contributed by atoms with Crippen LogP contribution >= 0.6 is 0 Å². The van der Waals surface area contributed by atoms with Crippen LogP contribution in [0.15, 0.2) is 97.1 Å². The molecule has 0 aliphatic rings. The minimum atomic E-state index is -1.11. The summed E-state index contributed by atoms with van der Waals surface area (Å²) in [6.45, 7) is 46.7. The molecule has 354 valence electrons. The number of fused-ring (bicyclic) bond motifs is 2. The Kier molecular flexibility index (Phi) is 26.9. The normalized spacial score (nSPS) is 11.9. The van der Waals surface area contributed by atoms with E-state index in [2.05, 4.69) is 229 Å². The molecule has 0 amide bonds. The molecule has 2 heterocycles. The first-order valence-corrected chi connectivity index (χ1v) is 37.4. The maximum absolute atomic E-state index is 4.95. The average Bonchev–Trinajstić information content (AvgIpc) is 3.77. The third-order valence-corrected chi connectivity index (χ3v) is 20.6. The molecule has 0 aliphatic carbocycles. The number of aromatic nitrogens is 2. The van der Waals surface area contributed by atoms with E-state index in [0.717, 1.165) is 33.8 Å². The summed E-state index contributed by atoms with van der Waals surface area (Å²) >= 11 is 0. The SMILES string of the molecule is CC(C)c1cccc(C(C)C)c1[N-]Cc1cc2ccccc2[n-]1.CC(C)c1cccc(C(C)C)c1[N-]Cc1cc2ccccc2[n-]1.C[Si](C)(C)[N-][Si](C)(C)C.C[Si](C)(C)[N-][Si](C)(C)C.[Nd+3].[Nd+3]. The fourth-order valence-electron chi connectivity index (χ4n) is 8.04. The van der Waals surface area contributed by atoms with Crippen molar-refractivity contribution in [2.24, 2.45) is 0 Å². The van der Waals surface area contributed by atoms with Crippen molar-refractivity contribution < 1.29 is 81.7 Å². The molecule has 0 N–H and O–H groups in total. The second-order valence-corrected chi connectivity index (χ2v) is 41.5. The van der Waals surface area contributed by atoms with Crippen molar-refractivity contribution in [3.63, 3.8) is 0 Å². The Morgan fingerprint density at radius 3 is 0.848 bits per heavy atom. The van der Waals surface area contributed by atoms with Crippen molar-refractivity contribution in [3.05, 3.63) is 151 Å². The summed E-state index contributed by atoms with van der Waals surface area (Å²) in [4.78, 5) is 9.37. The van der Waals surface area contributed by atoms with Gasteiger partial charge in [0.15, 0.2) is 0 Å². The molecule has 0 saturated carbocycles. The fourth-order valence-corrected chi connectivity index (χ4v) is 24.1. The number of nitrogens with zero attached hydrogens (tertiary/aromatic N) is 6. The molecule has 6 aromatic rings. The maximum Gasteiger partial charge on any atom is 3.00 e. The van der Waals surface area contributed by atoms with E-state index in [1.165, 1.54) is 33.0 Å². The zero-order valence-electron chi connectivity index (χ0n) is 44.6. The topological polar surface area (TPSA) is 84.6 Å². The van der Waals surface area contributed by atoms with Crippen molar-refractivity contribution in [3.8, 4) is 0 Å². The van der Waals surface area contributed by atoms with Gasteiger partial charge < -0.3 is 29.9 Å². The minimum absolute atomic E-state index is 0. The standard InChI is InChI=1S/2C21H24N2.2C6H18NSi2.2Nd/c2*1-14(2)18-9-7-10-19(15(3)4)21(18)22-13-17-12-16-8-5-6-11-20(16)23-17;2*1-8(2,3)7-9(4,5)6;;/h2*5-12,14-15H,13H2,1-4H3;2*1-6H3;;/q2*-2;2*-1;2*+3. The van der Waals surface area contributed by atoms with Crippen molar-refractivity contribution in [2.75, 3.05) is 0 Å². The number of hydrogen-bond acceptors (Lipinski definition) is 0. The molecule has 2 aromatic heterocycles. The molecule has 0 saturated heterocycles. The molecule has 0 bridgehead atoms. The molecular formula is C54H84N6Nd2Si4. The Morgan fingerprint density at radius 2 is 0.636 bits per heavy atom. The molecule has 66 heavy (non-hydrogen) atoms. The van der Waals surface area contributed by atoms with Gasteiger partial charge >= 0.3 is 81.7 Å². The van der Waals surface area contributed by atoms with Crippen molar-refractivity contribution in [1.29, 1.82) is 0 Å². The molecule has 2 radical (unpaired) electrons. The van der Waals surface area contributed by atoms with Crippen molar-refractivity contribution in [1.82, 2.24) is 9.97 Å². The summed E-state index contributed by atoms with van der Waals surface area (Å²) in [5.41, 5.74) is 11.8. The summed E-state index contributed by atoms with van der Waals surface area (Å²) in [6.07, 6.45) is 0. The first-order chi connectivity index (χ1) is 29.5. The molecule has 6 rings (SSSR count). The predicted molar refractivity (Wildman–Crippen MR) is 297 cm³/mol. The molecule has 0 atom stereocenters. The fraction of sp³-hybridized carbons (Fsp3) is 0.481. The first kappa shape index (κ1) is 63.1. The average molecular weight is 1220 g/mol. The van der Waals surface area contributed by atoms with Crippen LogP contribution in [0.1, 0.15) is 113 Å². The Bertz CT molecular complexity index is 2020. The van der Waals surface area contributed by atoms with Gasteiger partial charge in [-0.15, -0.1) is 35.5 Å². The van der Waals surface area contributed by atoms with E-state index < -0.39 is 32.9 Å². The van der Waals surface area contributed by atoms with Gasteiger partial charge in [-0.3, -0.25) is 0 Å². The largest absolute Gasteiger partial charge is 3.00 e. The van der Waals surface area contributed by atoms with Gasteiger partial charge in [-0.2, -0.15) is 11.4 Å². The zero-order valence-corrected chi connectivity index (χ0v) is 55.1. The number of hydrogen-bond donors (Lipinski definition) is 0. The van der Waals surface area contributed by atoms with Gasteiger partial charge in [-0.25, -0.2) is 0 Å². The van der Waals surface area contributed by atoms with Gasteiger partial charge in [-0.05, 0) is 34.4 Å². The smallest absolute Gasteiger partial charge is 0.682 e. The van der Waals surface area contributed by atoms with Gasteiger partial charge in [0.05, 0.1) is 0 Å². The van der Waals surface area contributed by atoms with E-state index in [1.54, 1.807) is 0 Å². The maximum atomic E-state index is 4.95. The van der Waals surface area contributed by atoms with E-state index in [4.69, 9.17) is 19.9 Å². The van der Waals surface area contributed by atoms with E-state index in [9.17, 15) is 0 Å². The van der Waals surface area contributed by atoms with Crippen LogP contribution in [0.25, 0.3) is 41.7 Å². The molecule has 4 aromatic carbocycles. The van der Waals surface area contributed by atoms with E-state index in [1.807, 2.05) is 12.1 Å². The molecule has 0 unspecified atom stereocenters. The van der Waals surface area contributed by atoms with Gasteiger partial charge in [-0.1, -0.05) is 286 Å². The first-order valence-electron chi connectivity index (χ1n) is 23.6. The summed E-state index contributed by atoms with van der Waals surface area (Å²) in [6, 6.07) is 33.9. The van der Waals surface area contributed by atoms with Crippen molar-refractivity contribution in [2.45, 2.75) is 171 Å². The third-order valence-electron chi connectivity index (χ3n) is 9.87. The summed E-state index contributed by atoms with van der Waals surface area (Å²) in [5, 5.41) is 12.3. The van der Waals surface area contributed by atoms with Crippen molar-refractivity contribution >= 4 is 66.1 Å². The van der Waals surface area contributed by atoms with Crippen LogP contribution in [-0.2, 0) is 13.1 Å². The second kappa shape index (κ2) is 28.2. The predicted octanol–water partition coefficient (Wildman–Crippen LogP) is 18.6. The van der Waals surface area contributed by atoms with E-state index in [0.29, 0.717) is 36.8 Å². The summed E-state index contributed by atoms with van der Waals surface area (Å²) in [7, 11) is -4.42. The van der Waals surface area contributed by atoms with Gasteiger partial charge in [0.25, 0.3) is 0 Å². The molecule has 0 aliphatic heterocycles.